The Morgan fingerprint density at radius 2 is 1.71 bits per heavy atom. The first-order valence-corrected chi connectivity index (χ1v) is 10.3. The highest BCUT2D eigenvalue weighted by atomic mass is 16.6. The first-order valence-electron chi connectivity index (χ1n) is 10.3. The Kier molecular flexibility index (Phi) is 6.74. The summed E-state index contributed by atoms with van der Waals surface area (Å²) >= 11 is 0. The minimum atomic E-state index is -0.619. The van der Waals surface area contributed by atoms with Gasteiger partial charge >= 0.3 is 6.09 Å². The highest BCUT2D eigenvalue weighted by Crippen LogP contribution is 2.24. The number of nitrogens with one attached hydrogen (secondary N) is 2. The van der Waals surface area contributed by atoms with E-state index in [-0.39, 0.29) is 5.91 Å². The van der Waals surface area contributed by atoms with E-state index in [0.717, 1.165) is 5.56 Å². The maximum absolute atomic E-state index is 13.1. The van der Waals surface area contributed by atoms with Crippen molar-refractivity contribution in [2.45, 2.75) is 46.3 Å². The van der Waals surface area contributed by atoms with E-state index in [1.54, 1.807) is 37.7 Å². The van der Waals surface area contributed by atoms with Gasteiger partial charge in [0.1, 0.15) is 17.6 Å². The molecule has 1 aromatic heterocycles. The molecule has 162 valence electrons. The molecule has 7 heteroatoms. The van der Waals surface area contributed by atoms with Gasteiger partial charge in [-0.25, -0.2) is 9.78 Å². The van der Waals surface area contributed by atoms with Crippen molar-refractivity contribution in [3.63, 3.8) is 0 Å². The lowest BCUT2D eigenvalue weighted by Gasteiger charge is -2.21. The number of carbonyl (C=O) groups excluding carboxylic acids is 2. The molecular weight excluding hydrogens is 392 g/mol. The fourth-order valence-corrected chi connectivity index (χ4v) is 3.13. The summed E-state index contributed by atoms with van der Waals surface area (Å²) in [7, 11) is 0. The summed E-state index contributed by atoms with van der Waals surface area (Å²) in [5.74, 6) is -0.231. The highest BCUT2D eigenvalue weighted by molar-refractivity contribution is 5.95. The smallest absolute Gasteiger partial charge is 0.412 e. The summed E-state index contributed by atoms with van der Waals surface area (Å²) < 4.78 is 7.07. The van der Waals surface area contributed by atoms with Gasteiger partial charge in [-0.2, -0.15) is 0 Å². The summed E-state index contributed by atoms with van der Waals surface area (Å²) in [6, 6.07) is 16.9. The van der Waals surface area contributed by atoms with Gasteiger partial charge in [-0.05, 0) is 44.9 Å². The van der Waals surface area contributed by atoms with Gasteiger partial charge in [-0.1, -0.05) is 49.4 Å². The van der Waals surface area contributed by atoms with Gasteiger partial charge < -0.3 is 10.1 Å². The Morgan fingerprint density at radius 1 is 1.03 bits per heavy atom. The number of imidazole rings is 1. The van der Waals surface area contributed by atoms with Crippen LogP contribution in [-0.4, -0.2) is 27.2 Å². The van der Waals surface area contributed by atoms with Crippen LogP contribution in [0.15, 0.2) is 60.9 Å². The van der Waals surface area contributed by atoms with Gasteiger partial charge in [0.15, 0.2) is 0 Å². The number of anilines is 1. The molecule has 2 N–H and O–H groups in total. The summed E-state index contributed by atoms with van der Waals surface area (Å²) in [5, 5.41) is 5.74. The SMILES string of the molecule is CCc1ncn(-c2ccccc2NC(=O)OC(C)(C)C)c1C(=O)NCc1ccccc1. The van der Waals surface area contributed by atoms with E-state index >= 15 is 0 Å². The number of amides is 2. The third-order valence-corrected chi connectivity index (χ3v) is 4.49. The summed E-state index contributed by atoms with van der Waals surface area (Å²) in [6.45, 7) is 7.77. The van der Waals surface area contributed by atoms with E-state index in [1.165, 1.54) is 0 Å². The molecule has 0 saturated carbocycles. The lowest BCUT2D eigenvalue weighted by Crippen LogP contribution is -2.28. The van der Waals surface area contributed by atoms with Crippen LogP contribution in [0.4, 0.5) is 10.5 Å². The molecule has 0 spiro atoms. The standard InChI is InChI=1S/C24H28N4O3/c1-5-18-21(22(29)25-15-17-11-7-6-8-12-17)28(16-26-18)20-14-10-9-13-19(20)27-23(30)31-24(2,3)4/h6-14,16H,5,15H2,1-4H3,(H,25,29)(H,27,30). The number of ether oxygens (including phenoxy) is 1. The molecule has 0 unspecified atom stereocenters. The number of para-hydroxylation sites is 2. The first-order chi connectivity index (χ1) is 14.8. The zero-order chi connectivity index (χ0) is 22.4. The van der Waals surface area contributed by atoms with E-state index in [9.17, 15) is 9.59 Å². The Labute approximate surface area is 182 Å². The number of carbonyl (C=O) groups is 2. The van der Waals surface area contributed by atoms with Crippen molar-refractivity contribution in [2.24, 2.45) is 0 Å². The number of hydrogen-bond acceptors (Lipinski definition) is 4. The zero-order valence-corrected chi connectivity index (χ0v) is 18.3. The molecule has 0 saturated heterocycles. The Balaban J connectivity index is 1.89. The summed E-state index contributed by atoms with van der Waals surface area (Å²) in [4.78, 5) is 29.8. The van der Waals surface area contributed by atoms with Crippen LogP contribution in [0.5, 0.6) is 0 Å². The first kappa shape index (κ1) is 22.1. The molecule has 0 aliphatic heterocycles. The lowest BCUT2D eigenvalue weighted by atomic mass is 10.2. The number of benzene rings is 2. The second kappa shape index (κ2) is 9.47. The molecular formula is C24H28N4O3. The predicted octanol–water partition coefficient (Wildman–Crippen LogP) is 4.71. The van der Waals surface area contributed by atoms with E-state index in [2.05, 4.69) is 15.6 Å². The molecule has 0 atom stereocenters. The van der Waals surface area contributed by atoms with E-state index in [0.29, 0.717) is 35.7 Å². The fraction of sp³-hybridized carbons (Fsp3) is 0.292. The molecule has 0 fully saturated rings. The van der Waals surface area contributed by atoms with Gasteiger partial charge in [0.05, 0.1) is 17.1 Å². The average Bonchev–Trinajstić information content (AvgIpc) is 3.16. The zero-order valence-electron chi connectivity index (χ0n) is 18.3. The molecule has 31 heavy (non-hydrogen) atoms. The number of aryl methyl sites for hydroxylation is 1. The van der Waals surface area contributed by atoms with Crippen LogP contribution in [0.1, 0.15) is 49.4 Å². The van der Waals surface area contributed by atoms with Crippen molar-refractivity contribution in [3.8, 4) is 5.69 Å². The molecule has 1 heterocycles. The molecule has 2 aromatic carbocycles. The van der Waals surface area contributed by atoms with Crippen molar-refractivity contribution in [1.29, 1.82) is 0 Å². The van der Waals surface area contributed by atoms with Gasteiger partial charge in [0.25, 0.3) is 5.91 Å². The number of aromatic nitrogens is 2. The van der Waals surface area contributed by atoms with Gasteiger partial charge in [-0.3, -0.25) is 14.7 Å². The fourth-order valence-electron chi connectivity index (χ4n) is 3.13. The second-order valence-electron chi connectivity index (χ2n) is 8.08. The summed E-state index contributed by atoms with van der Waals surface area (Å²) in [6.07, 6.45) is 1.64. The normalized spacial score (nSPS) is 11.1. The molecule has 3 aromatic rings. The van der Waals surface area contributed by atoms with Crippen molar-refractivity contribution in [3.05, 3.63) is 77.9 Å². The average molecular weight is 421 g/mol. The quantitative estimate of drug-likeness (QED) is 0.605. The Bertz CT molecular complexity index is 1050. The van der Waals surface area contributed by atoms with Crippen LogP contribution in [0.3, 0.4) is 0 Å². The highest BCUT2D eigenvalue weighted by Gasteiger charge is 2.22. The molecule has 0 radical (unpaired) electrons. The van der Waals surface area contributed by atoms with Crippen molar-refractivity contribution >= 4 is 17.7 Å². The van der Waals surface area contributed by atoms with Crippen LogP contribution in [0.25, 0.3) is 5.69 Å². The third-order valence-electron chi connectivity index (χ3n) is 4.49. The molecule has 3 rings (SSSR count). The molecule has 0 aliphatic rings. The number of rotatable bonds is 6. The predicted molar refractivity (Wildman–Crippen MR) is 120 cm³/mol. The van der Waals surface area contributed by atoms with Crippen molar-refractivity contribution in [1.82, 2.24) is 14.9 Å². The van der Waals surface area contributed by atoms with Crippen LogP contribution in [0.2, 0.25) is 0 Å². The molecule has 0 aliphatic carbocycles. The van der Waals surface area contributed by atoms with Crippen LogP contribution in [-0.2, 0) is 17.7 Å². The van der Waals surface area contributed by atoms with E-state index in [1.807, 2.05) is 55.5 Å². The minimum Gasteiger partial charge on any atom is -0.444 e. The van der Waals surface area contributed by atoms with E-state index in [4.69, 9.17) is 4.74 Å². The minimum absolute atomic E-state index is 0.231. The molecule has 0 bridgehead atoms. The maximum Gasteiger partial charge on any atom is 0.412 e. The van der Waals surface area contributed by atoms with Gasteiger partial charge in [-0.15, -0.1) is 0 Å². The Morgan fingerprint density at radius 3 is 2.39 bits per heavy atom. The van der Waals surface area contributed by atoms with E-state index < -0.39 is 11.7 Å². The lowest BCUT2D eigenvalue weighted by molar-refractivity contribution is 0.0635. The largest absolute Gasteiger partial charge is 0.444 e. The van der Waals surface area contributed by atoms with Gasteiger partial charge in [0.2, 0.25) is 0 Å². The summed E-state index contributed by atoms with van der Waals surface area (Å²) in [5.41, 5.74) is 2.66. The number of hydrogen-bond donors (Lipinski definition) is 2. The Hall–Kier alpha value is -3.61. The monoisotopic (exact) mass is 420 g/mol. The topological polar surface area (TPSA) is 85.2 Å². The van der Waals surface area contributed by atoms with Crippen LogP contribution < -0.4 is 10.6 Å². The van der Waals surface area contributed by atoms with Crippen LogP contribution >= 0.6 is 0 Å². The number of nitrogens with zero attached hydrogens (tertiary/aromatic N) is 2. The molecule has 2 amide bonds. The molecule has 7 nitrogen and oxygen atoms in total. The third kappa shape index (κ3) is 5.72. The van der Waals surface area contributed by atoms with Crippen molar-refractivity contribution in [2.75, 3.05) is 5.32 Å². The second-order valence-corrected chi connectivity index (χ2v) is 8.08. The maximum atomic E-state index is 13.1. The van der Waals surface area contributed by atoms with Gasteiger partial charge in [0, 0.05) is 6.54 Å². The van der Waals surface area contributed by atoms with Crippen molar-refractivity contribution < 1.29 is 14.3 Å². The van der Waals surface area contributed by atoms with Crippen LogP contribution in [0, 0.1) is 0 Å².